The van der Waals surface area contributed by atoms with Crippen LogP contribution in [0.25, 0.3) is 0 Å². The van der Waals surface area contributed by atoms with Crippen LogP contribution in [0, 0.1) is 18.3 Å². The molecule has 3 heteroatoms. The molecule has 0 aromatic carbocycles. The third-order valence-electron chi connectivity index (χ3n) is 2.99. The summed E-state index contributed by atoms with van der Waals surface area (Å²) in [7, 11) is 1.86. The van der Waals surface area contributed by atoms with Gasteiger partial charge in [-0.2, -0.15) is 5.26 Å². The first-order chi connectivity index (χ1) is 7.93. The van der Waals surface area contributed by atoms with Crippen molar-refractivity contribution in [3.05, 3.63) is 22.4 Å². The maximum Gasteiger partial charge on any atom is 0.130 e. The second-order valence-electron chi connectivity index (χ2n) is 4.93. The number of rotatable bonds is 3. The highest BCUT2D eigenvalue weighted by Crippen LogP contribution is 2.32. The van der Waals surface area contributed by atoms with Gasteiger partial charge in [-0.15, -0.1) is 0 Å². The van der Waals surface area contributed by atoms with E-state index in [0.29, 0.717) is 11.8 Å². The summed E-state index contributed by atoms with van der Waals surface area (Å²) in [5.74, 6) is 1.46. The van der Waals surface area contributed by atoms with Crippen molar-refractivity contribution in [3.63, 3.8) is 0 Å². The van der Waals surface area contributed by atoms with Crippen molar-refractivity contribution in [3.8, 4) is 6.07 Å². The van der Waals surface area contributed by atoms with Crippen LogP contribution < -0.4 is 5.32 Å². The number of aromatic nitrogens is 1. The summed E-state index contributed by atoms with van der Waals surface area (Å²) in [5, 5.41) is 12.5. The first-order valence-electron chi connectivity index (χ1n) is 6.06. The highest BCUT2D eigenvalue weighted by Gasteiger charge is 2.19. The van der Waals surface area contributed by atoms with Crippen molar-refractivity contribution >= 4 is 5.82 Å². The lowest BCUT2D eigenvalue weighted by atomic mass is 9.91. The summed E-state index contributed by atoms with van der Waals surface area (Å²) < 4.78 is 0. The Balaban J connectivity index is 3.63. The SMILES string of the molecule is CNc1nc(C(C)C)c(C)c(C#N)c1C(C)C. The molecule has 17 heavy (non-hydrogen) atoms. The second-order valence-corrected chi connectivity index (χ2v) is 4.93. The van der Waals surface area contributed by atoms with Gasteiger partial charge in [-0.1, -0.05) is 27.7 Å². The van der Waals surface area contributed by atoms with E-state index in [4.69, 9.17) is 0 Å². The lowest BCUT2D eigenvalue weighted by Crippen LogP contribution is -2.10. The predicted octanol–water partition coefficient (Wildman–Crippen LogP) is 3.55. The molecule has 92 valence electrons. The van der Waals surface area contributed by atoms with E-state index in [0.717, 1.165) is 28.2 Å². The number of hydrogen-bond acceptors (Lipinski definition) is 3. The molecule has 0 unspecified atom stereocenters. The molecule has 1 aromatic rings. The van der Waals surface area contributed by atoms with Crippen LogP contribution in [0.1, 0.15) is 61.9 Å². The van der Waals surface area contributed by atoms with Gasteiger partial charge >= 0.3 is 0 Å². The average molecular weight is 231 g/mol. The van der Waals surface area contributed by atoms with Crippen molar-refractivity contribution in [1.82, 2.24) is 4.98 Å². The first kappa shape index (κ1) is 13.5. The minimum absolute atomic E-state index is 0.291. The van der Waals surface area contributed by atoms with Crippen molar-refractivity contribution in [2.24, 2.45) is 0 Å². The zero-order valence-corrected chi connectivity index (χ0v) is 11.5. The van der Waals surface area contributed by atoms with Crippen molar-refractivity contribution in [2.75, 3.05) is 12.4 Å². The molecule has 0 aliphatic rings. The summed E-state index contributed by atoms with van der Waals surface area (Å²) in [6, 6.07) is 2.34. The van der Waals surface area contributed by atoms with Crippen molar-refractivity contribution in [1.29, 1.82) is 5.26 Å². The highest BCUT2D eigenvalue weighted by atomic mass is 15.0. The van der Waals surface area contributed by atoms with Crippen LogP contribution in [0.3, 0.4) is 0 Å². The van der Waals surface area contributed by atoms with Gasteiger partial charge in [0.1, 0.15) is 5.82 Å². The number of anilines is 1. The van der Waals surface area contributed by atoms with Crippen LogP contribution in [-0.2, 0) is 0 Å². The summed E-state index contributed by atoms with van der Waals surface area (Å²) in [6.45, 7) is 10.4. The third kappa shape index (κ3) is 2.41. The maximum atomic E-state index is 9.37. The van der Waals surface area contributed by atoms with E-state index in [2.05, 4.69) is 44.1 Å². The van der Waals surface area contributed by atoms with E-state index in [9.17, 15) is 5.26 Å². The standard InChI is InChI=1S/C14H21N3/c1-8(2)12-11(7-15)10(5)13(9(3)4)17-14(12)16-6/h8-9H,1-6H3,(H,16,17). The minimum Gasteiger partial charge on any atom is -0.373 e. The number of nitriles is 1. The summed E-state index contributed by atoms with van der Waals surface area (Å²) >= 11 is 0. The average Bonchev–Trinajstić information content (AvgIpc) is 2.27. The molecule has 0 saturated heterocycles. The fourth-order valence-electron chi connectivity index (χ4n) is 2.17. The lowest BCUT2D eigenvalue weighted by molar-refractivity contribution is 0.791. The molecule has 0 aliphatic carbocycles. The van der Waals surface area contributed by atoms with Gasteiger partial charge < -0.3 is 5.32 Å². The number of hydrogen-bond donors (Lipinski definition) is 1. The monoisotopic (exact) mass is 231 g/mol. The Morgan fingerprint density at radius 3 is 2.12 bits per heavy atom. The first-order valence-corrected chi connectivity index (χ1v) is 6.06. The Labute approximate surface area is 104 Å². The molecule has 0 spiro atoms. The molecule has 1 heterocycles. The molecule has 1 aromatic heterocycles. The van der Waals surface area contributed by atoms with Crippen LogP contribution in [-0.4, -0.2) is 12.0 Å². The van der Waals surface area contributed by atoms with Crippen LogP contribution in [0.15, 0.2) is 0 Å². The van der Waals surface area contributed by atoms with Crippen LogP contribution >= 0.6 is 0 Å². The largest absolute Gasteiger partial charge is 0.373 e. The van der Waals surface area contributed by atoms with Gasteiger partial charge in [0.05, 0.1) is 11.6 Å². The van der Waals surface area contributed by atoms with Crippen LogP contribution in [0.5, 0.6) is 0 Å². The lowest BCUT2D eigenvalue weighted by Gasteiger charge is -2.19. The third-order valence-corrected chi connectivity index (χ3v) is 2.99. The molecule has 0 saturated carbocycles. The Bertz CT molecular complexity index is 454. The molecule has 1 rings (SSSR count). The molecule has 1 N–H and O–H groups in total. The van der Waals surface area contributed by atoms with Crippen molar-refractivity contribution < 1.29 is 0 Å². The van der Waals surface area contributed by atoms with Crippen LogP contribution in [0.2, 0.25) is 0 Å². The fraction of sp³-hybridized carbons (Fsp3) is 0.571. The van der Waals surface area contributed by atoms with E-state index in [1.54, 1.807) is 0 Å². The Morgan fingerprint density at radius 1 is 1.18 bits per heavy atom. The number of pyridine rings is 1. The minimum atomic E-state index is 0.291. The molecule has 3 nitrogen and oxygen atoms in total. The Morgan fingerprint density at radius 2 is 1.76 bits per heavy atom. The molecule has 0 atom stereocenters. The summed E-state index contributed by atoms with van der Waals surface area (Å²) in [4.78, 5) is 4.66. The smallest absolute Gasteiger partial charge is 0.130 e. The number of nitrogens with zero attached hydrogens (tertiary/aromatic N) is 2. The normalized spacial score (nSPS) is 10.8. The summed E-state index contributed by atoms with van der Waals surface area (Å²) in [5.41, 5.74) is 3.83. The second kappa shape index (κ2) is 5.18. The van der Waals surface area contributed by atoms with Gasteiger partial charge in [0, 0.05) is 18.3 Å². The van der Waals surface area contributed by atoms with E-state index in [1.807, 2.05) is 14.0 Å². The fourth-order valence-corrected chi connectivity index (χ4v) is 2.17. The van der Waals surface area contributed by atoms with Gasteiger partial charge in [-0.25, -0.2) is 4.98 Å². The Hall–Kier alpha value is -1.56. The molecule has 0 bridgehead atoms. The maximum absolute atomic E-state index is 9.37. The van der Waals surface area contributed by atoms with E-state index >= 15 is 0 Å². The van der Waals surface area contributed by atoms with Crippen molar-refractivity contribution in [2.45, 2.75) is 46.5 Å². The Kier molecular flexibility index (Phi) is 4.11. The number of nitrogens with one attached hydrogen (secondary N) is 1. The van der Waals surface area contributed by atoms with Gasteiger partial charge in [0.25, 0.3) is 0 Å². The molecule has 0 aliphatic heterocycles. The van der Waals surface area contributed by atoms with E-state index in [1.165, 1.54) is 0 Å². The van der Waals surface area contributed by atoms with Gasteiger partial charge in [0.2, 0.25) is 0 Å². The molecule has 0 amide bonds. The topological polar surface area (TPSA) is 48.7 Å². The highest BCUT2D eigenvalue weighted by molar-refractivity contribution is 5.59. The van der Waals surface area contributed by atoms with Crippen LogP contribution in [0.4, 0.5) is 5.82 Å². The zero-order valence-electron chi connectivity index (χ0n) is 11.5. The molecular formula is C14H21N3. The molecule has 0 radical (unpaired) electrons. The van der Waals surface area contributed by atoms with E-state index < -0.39 is 0 Å². The molecule has 0 fully saturated rings. The predicted molar refractivity (Wildman–Crippen MR) is 71.4 cm³/mol. The van der Waals surface area contributed by atoms with E-state index in [-0.39, 0.29) is 0 Å². The summed E-state index contributed by atoms with van der Waals surface area (Å²) in [6.07, 6.45) is 0. The van der Waals surface area contributed by atoms with Gasteiger partial charge in [-0.3, -0.25) is 0 Å². The van der Waals surface area contributed by atoms with Gasteiger partial charge in [-0.05, 0) is 24.3 Å². The van der Waals surface area contributed by atoms with Gasteiger partial charge in [0.15, 0.2) is 0 Å². The molecular weight excluding hydrogens is 210 g/mol. The zero-order chi connectivity index (χ0) is 13.2. The quantitative estimate of drug-likeness (QED) is 0.865.